The van der Waals surface area contributed by atoms with Gasteiger partial charge in [-0.3, -0.25) is 0 Å². The van der Waals surface area contributed by atoms with E-state index in [1.165, 1.54) is 6.07 Å². The Labute approximate surface area is 152 Å². The van der Waals surface area contributed by atoms with Crippen LogP contribution in [0.25, 0.3) is 10.9 Å². The van der Waals surface area contributed by atoms with E-state index in [1.807, 2.05) is 30.3 Å². The molecular weight excluding hydrogens is 368 g/mol. The van der Waals surface area contributed by atoms with Gasteiger partial charge in [-0.05, 0) is 35.4 Å². The Hall–Kier alpha value is -2.18. The van der Waals surface area contributed by atoms with Gasteiger partial charge >= 0.3 is 6.18 Å². The van der Waals surface area contributed by atoms with E-state index >= 15 is 0 Å². The van der Waals surface area contributed by atoms with Crippen LogP contribution in [0.3, 0.4) is 0 Å². The summed E-state index contributed by atoms with van der Waals surface area (Å²) >= 11 is 6.17. The summed E-state index contributed by atoms with van der Waals surface area (Å²) in [6.45, 7) is -0.463. The second-order valence-corrected chi connectivity index (χ2v) is 6.26. The Bertz CT molecular complexity index is 925. The van der Waals surface area contributed by atoms with Crippen LogP contribution < -0.4 is 5.32 Å². The molecule has 3 rings (SSSR count). The van der Waals surface area contributed by atoms with E-state index in [0.29, 0.717) is 17.3 Å². The van der Waals surface area contributed by atoms with Gasteiger partial charge in [-0.15, -0.1) is 0 Å². The van der Waals surface area contributed by atoms with Crippen LogP contribution in [0.5, 0.6) is 0 Å². The van der Waals surface area contributed by atoms with Crippen molar-refractivity contribution in [3.05, 3.63) is 75.9 Å². The predicted molar refractivity (Wildman–Crippen MR) is 93.6 cm³/mol. The molecule has 0 spiro atoms. The van der Waals surface area contributed by atoms with Crippen molar-refractivity contribution < 1.29 is 17.6 Å². The summed E-state index contributed by atoms with van der Waals surface area (Å²) in [7, 11) is 0. The maximum absolute atomic E-state index is 12.9. The van der Waals surface area contributed by atoms with Gasteiger partial charge in [0.25, 0.3) is 0 Å². The zero-order chi connectivity index (χ0) is 18.7. The Morgan fingerprint density at radius 1 is 0.962 bits per heavy atom. The van der Waals surface area contributed by atoms with E-state index in [9.17, 15) is 17.6 Å². The van der Waals surface area contributed by atoms with Crippen LogP contribution in [-0.4, -0.2) is 4.98 Å². The highest BCUT2D eigenvalue weighted by Gasteiger charge is 2.31. The molecule has 0 aliphatic rings. The standard InChI is InChI=1S/C19H15ClF4N2/c20-18-15(8-14-3-1-2-4-17(14)26-18)11-25-10-13-5-12(9-21)6-16(7-13)19(22,23)24/h1-8,25H,9-11H2. The molecule has 7 heteroatoms. The number of pyridine rings is 1. The number of alkyl halides is 4. The van der Waals surface area contributed by atoms with Gasteiger partial charge in [0, 0.05) is 24.0 Å². The minimum Gasteiger partial charge on any atom is -0.309 e. The summed E-state index contributed by atoms with van der Waals surface area (Å²) in [5.74, 6) is 0. The number of para-hydroxylation sites is 1. The summed E-state index contributed by atoms with van der Waals surface area (Å²) in [5.41, 5.74) is 1.02. The highest BCUT2D eigenvalue weighted by atomic mass is 35.5. The van der Waals surface area contributed by atoms with Gasteiger partial charge in [0.15, 0.2) is 0 Å². The quantitative estimate of drug-likeness (QED) is 0.454. The van der Waals surface area contributed by atoms with Crippen molar-refractivity contribution in [1.29, 1.82) is 0 Å². The topological polar surface area (TPSA) is 24.9 Å². The van der Waals surface area contributed by atoms with Crippen molar-refractivity contribution in [2.24, 2.45) is 0 Å². The summed E-state index contributed by atoms with van der Waals surface area (Å²) in [6.07, 6.45) is -4.51. The van der Waals surface area contributed by atoms with Gasteiger partial charge in [0.1, 0.15) is 11.8 Å². The molecule has 136 valence electrons. The number of hydrogen-bond donors (Lipinski definition) is 1. The van der Waals surface area contributed by atoms with Crippen molar-refractivity contribution in [2.75, 3.05) is 0 Å². The summed E-state index contributed by atoms with van der Waals surface area (Å²) in [6, 6.07) is 12.7. The Morgan fingerprint density at radius 2 is 1.69 bits per heavy atom. The molecule has 3 aromatic rings. The van der Waals surface area contributed by atoms with Crippen LogP contribution >= 0.6 is 11.6 Å². The number of hydrogen-bond acceptors (Lipinski definition) is 2. The zero-order valence-electron chi connectivity index (χ0n) is 13.6. The maximum atomic E-state index is 12.9. The fourth-order valence-electron chi connectivity index (χ4n) is 2.71. The normalized spacial score (nSPS) is 11.9. The smallest absolute Gasteiger partial charge is 0.309 e. The molecule has 0 fully saturated rings. The molecule has 1 N–H and O–H groups in total. The second-order valence-electron chi connectivity index (χ2n) is 5.90. The zero-order valence-corrected chi connectivity index (χ0v) is 14.3. The molecule has 1 heterocycles. The third kappa shape index (κ3) is 4.31. The van der Waals surface area contributed by atoms with E-state index in [0.717, 1.165) is 28.6 Å². The molecule has 0 amide bonds. The van der Waals surface area contributed by atoms with E-state index in [4.69, 9.17) is 11.6 Å². The van der Waals surface area contributed by atoms with Crippen LogP contribution in [0.15, 0.2) is 48.5 Å². The number of aromatic nitrogens is 1. The Kier molecular flexibility index (Phi) is 5.44. The first-order chi connectivity index (χ1) is 12.4. The predicted octanol–water partition coefficient (Wildman–Crippen LogP) is 5.67. The van der Waals surface area contributed by atoms with Crippen molar-refractivity contribution in [1.82, 2.24) is 10.3 Å². The van der Waals surface area contributed by atoms with Crippen molar-refractivity contribution >= 4 is 22.5 Å². The lowest BCUT2D eigenvalue weighted by molar-refractivity contribution is -0.137. The minimum absolute atomic E-state index is 0.00188. The Morgan fingerprint density at radius 3 is 2.42 bits per heavy atom. The largest absolute Gasteiger partial charge is 0.416 e. The number of halogens is 5. The summed E-state index contributed by atoms with van der Waals surface area (Å²) in [4.78, 5) is 4.30. The van der Waals surface area contributed by atoms with Crippen LogP contribution in [0.1, 0.15) is 22.3 Å². The summed E-state index contributed by atoms with van der Waals surface area (Å²) in [5, 5.41) is 4.30. The lowest BCUT2D eigenvalue weighted by Crippen LogP contribution is -2.15. The van der Waals surface area contributed by atoms with Crippen LogP contribution in [0.4, 0.5) is 17.6 Å². The minimum atomic E-state index is -4.51. The first-order valence-corrected chi connectivity index (χ1v) is 8.25. The molecular formula is C19H15ClF4N2. The molecule has 0 atom stereocenters. The van der Waals surface area contributed by atoms with E-state index in [2.05, 4.69) is 10.3 Å². The molecule has 0 radical (unpaired) electrons. The molecule has 0 unspecified atom stereocenters. The van der Waals surface area contributed by atoms with E-state index < -0.39 is 18.4 Å². The third-order valence-electron chi connectivity index (χ3n) is 3.93. The van der Waals surface area contributed by atoms with Gasteiger partial charge in [-0.25, -0.2) is 9.37 Å². The van der Waals surface area contributed by atoms with E-state index in [1.54, 1.807) is 0 Å². The van der Waals surface area contributed by atoms with Gasteiger partial charge in [0.05, 0.1) is 11.1 Å². The maximum Gasteiger partial charge on any atom is 0.416 e. The van der Waals surface area contributed by atoms with Gasteiger partial charge < -0.3 is 5.32 Å². The lowest BCUT2D eigenvalue weighted by Gasteiger charge is -2.12. The molecule has 1 aromatic heterocycles. The first kappa shape index (κ1) is 18.6. The van der Waals surface area contributed by atoms with Crippen molar-refractivity contribution in [2.45, 2.75) is 25.9 Å². The first-order valence-electron chi connectivity index (χ1n) is 7.87. The van der Waals surface area contributed by atoms with Gasteiger partial charge in [0.2, 0.25) is 0 Å². The van der Waals surface area contributed by atoms with Crippen LogP contribution in [0, 0.1) is 0 Å². The molecule has 2 aromatic carbocycles. The fraction of sp³-hybridized carbons (Fsp3) is 0.211. The molecule has 0 aliphatic heterocycles. The number of nitrogens with zero attached hydrogens (tertiary/aromatic N) is 1. The highest BCUT2D eigenvalue weighted by Crippen LogP contribution is 2.31. The van der Waals surface area contributed by atoms with Crippen LogP contribution in [-0.2, 0) is 25.9 Å². The van der Waals surface area contributed by atoms with Gasteiger partial charge in [-0.1, -0.05) is 35.9 Å². The average molecular weight is 383 g/mol. The monoisotopic (exact) mass is 382 g/mol. The molecule has 0 saturated carbocycles. The van der Waals surface area contributed by atoms with Crippen LogP contribution in [0.2, 0.25) is 5.15 Å². The second kappa shape index (κ2) is 7.60. The number of benzene rings is 2. The molecule has 0 bridgehead atoms. The van der Waals surface area contributed by atoms with Gasteiger partial charge in [-0.2, -0.15) is 13.2 Å². The SMILES string of the molecule is FCc1cc(CNCc2cc3ccccc3nc2Cl)cc(C(F)(F)F)c1. The van der Waals surface area contributed by atoms with E-state index in [-0.39, 0.29) is 12.1 Å². The number of rotatable bonds is 5. The highest BCUT2D eigenvalue weighted by molar-refractivity contribution is 6.30. The average Bonchev–Trinajstić information content (AvgIpc) is 2.61. The summed E-state index contributed by atoms with van der Waals surface area (Å²) < 4.78 is 51.6. The fourth-order valence-corrected chi connectivity index (χ4v) is 2.92. The van der Waals surface area contributed by atoms with Crippen molar-refractivity contribution in [3.63, 3.8) is 0 Å². The lowest BCUT2D eigenvalue weighted by atomic mass is 10.1. The number of fused-ring (bicyclic) bond motifs is 1. The van der Waals surface area contributed by atoms with Crippen molar-refractivity contribution in [3.8, 4) is 0 Å². The molecule has 0 saturated heterocycles. The molecule has 26 heavy (non-hydrogen) atoms. The number of nitrogens with one attached hydrogen (secondary N) is 1. The molecule has 0 aliphatic carbocycles. The Balaban J connectivity index is 1.75. The molecule has 2 nitrogen and oxygen atoms in total. The third-order valence-corrected chi connectivity index (χ3v) is 4.26.